The molecular formula is C18H36N2. The highest BCUT2D eigenvalue weighted by atomic mass is 15.3. The number of hydrogen-bond donors (Lipinski definition) is 1. The molecule has 0 amide bonds. The minimum Gasteiger partial charge on any atom is -0.309 e. The van der Waals surface area contributed by atoms with Crippen molar-refractivity contribution in [1.29, 1.82) is 0 Å². The van der Waals surface area contributed by atoms with Crippen molar-refractivity contribution < 1.29 is 0 Å². The van der Waals surface area contributed by atoms with Crippen molar-refractivity contribution in [3.05, 3.63) is 0 Å². The third-order valence-electron chi connectivity index (χ3n) is 6.26. The Hall–Kier alpha value is -0.0800. The minimum absolute atomic E-state index is 0.318. The van der Waals surface area contributed by atoms with Crippen LogP contribution in [-0.2, 0) is 0 Å². The quantitative estimate of drug-likeness (QED) is 0.817. The molecular weight excluding hydrogens is 244 g/mol. The fraction of sp³-hybridized carbons (Fsp3) is 1.00. The van der Waals surface area contributed by atoms with Gasteiger partial charge in [-0.3, -0.25) is 4.90 Å². The summed E-state index contributed by atoms with van der Waals surface area (Å²) >= 11 is 0. The van der Waals surface area contributed by atoms with Crippen LogP contribution in [0, 0.1) is 11.3 Å². The molecule has 2 fully saturated rings. The lowest BCUT2D eigenvalue weighted by Gasteiger charge is -2.50. The van der Waals surface area contributed by atoms with E-state index in [9.17, 15) is 0 Å². The van der Waals surface area contributed by atoms with Crippen molar-refractivity contribution in [2.45, 2.75) is 84.7 Å². The maximum atomic E-state index is 3.82. The van der Waals surface area contributed by atoms with Crippen LogP contribution < -0.4 is 5.32 Å². The third kappa shape index (κ3) is 3.39. The molecule has 2 rings (SSSR count). The van der Waals surface area contributed by atoms with Crippen LogP contribution in [0.15, 0.2) is 0 Å². The van der Waals surface area contributed by atoms with Gasteiger partial charge in [-0.25, -0.2) is 0 Å². The summed E-state index contributed by atoms with van der Waals surface area (Å²) in [4.78, 5) is 2.85. The Balaban J connectivity index is 2.10. The van der Waals surface area contributed by atoms with Crippen LogP contribution in [0.25, 0.3) is 0 Å². The largest absolute Gasteiger partial charge is 0.309 e. The van der Waals surface area contributed by atoms with Crippen LogP contribution in [0.3, 0.4) is 0 Å². The Morgan fingerprint density at radius 3 is 2.30 bits per heavy atom. The van der Waals surface area contributed by atoms with E-state index in [1.807, 2.05) is 0 Å². The van der Waals surface area contributed by atoms with E-state index in [1.165, 1.54) is 58.2 Å². The summed E-state index contributed by atoms with van der Waals surface area (Å²) < 4.78 is 0. The predicted molar refractivity (Wildman–Crippen MR) is 88.1 cm³/mol. The van der Waals surface area contributed by atoms with Gasteiger partial charge in [-0.05, 0) is 43.9 Å². The van der Waals surface area contributed by atoms with Crippen molar-refractivity contribution in [3.8, 4) is 0 Å². The molecule has 1 N–H and O–H groups in total. The maximum Gasteiger partial charge on any atom is 0.0278 e. The summed E-state index contributed by atoms with van der Waals surface area (Å²) in [7, 11) is 0. The summed E-state index contributed by atoms with van der Waals surface area (Å²) in [5, 5.41) is 3.82. The molecule has 0 spiro atoms. The normalized spacial score (nSPS) is 34.8. The van der Waals surface area contributed by atoms with Gasteiger partial charge in [0.05, 0.1) is 0 Å². The van der Waals surface area contributed by atoms with Crippen LogP contribution in [0.2, 0.25) is 0 Å². The van der Waals surface area contributed by atoms with Crippen LogP contribution in [-0.4, -0.2) is 36.1 Å². The molecule has 0 aromatic rings. The third-order valence-corrected chi connectivity index (χ3v) is 6.26. The van der Waals surface area contributed by atoms with Crippen molar-refractivity contribution in [1.82, 2.24) is 10.2 Å². The molecule has 1 saturated heterocycles. The number of piperazine rings is 1. The molecule has 2 nitrogen and oxygen atoms in total. The Morgan fingerprint density at radius 2 is 1.80 bits per heavy atom. The van der Waals surface area contributed by atoms with E-state index < -0.39 is 0 Å². The van der Waals surface area contributed by atoms with Crippen molar-refractivity contribution in [2.75, 3.05) is 19.6 Å². The Kier molecular flexibility index (Phi) is 5.18. The lowest BCUT2D eigenvalue weighted by atomic mass is 9.80. The van der Waals surface area contributed by atoms with E-state index in [1.54, 1.807) is 0 Å². The van der Waals surface area contributed by atoms with Gasteiger partial charge in [0.2, 0.25) is 0 Å². The highest BCUT2D eigenvalue weighted by Gasteiger charge is 2.41. The number of hydrogen-bond acceptors (Lipinski definition) is 2. The molecule has 118 valence electrons. The monoisotopic (exact) mass is 280 g/mol. The molecule has 0 aromatic heterocycles. The molecule has 20 heavy (non-hydrogen) atoms. The Labute approximate surface area is 126 Å². The highest BCUT2D eigenvalue weighted by Crippen LogP contribution is 2.42. The second-order valence-electron chi connectivity index (χ2n) is 8.07. The lowest BCUT2D eigenvalue weighted by Crippen LogP contribution is -2.65. The van der Waals surface area contributed by atoms with E-state index in [-0.39, 0.29) is 0 Å². The molecule has 0 aromatic carbocycles. The van der Waals surface area contributed by atoms with Crippen LogP contribution in [0.1, 0.15) is 73.1 Å². The number of nitrogens with zero attached hydrogens (tertiary/aromatic N) is 1. The minimum atomic E-state index is 0.318. The van der Waals surface area contributed by atoms with E-state index in [0.717, 1.165) is 12.0 Å². The average molecular weight is 281 g/mol. The van der Waals surface area contributed by atoms with E-state index in [2.05, 4.69) is 44.8 Å². The van der Waals surface area contributed by atoms with Gasteiger partial charge in [0.1, 0.15) is 0 Å². The van der Waals surface area contributed by atoms with Gasteiger partial charge in [0, 0.05) is 31.2 Å². The standard InChI is InChI=1S/C18H36N2/c1-6-17(5)13-20(16(12-19-17)15(3)4)14-18(7-2)10-8-9-11-18/h15-16,19H,6-14H2,1-5H3. The van der Waals surface area contributed by atoms with Gasteiger partial charge in [0.15, 0.2) is 0 Å². The zero-order valence-electron chi connectivity index (χ0n) is 14.5. The summed E-state index contributed by atoms with van der Waals surface area (Å²) in [6, 6.07) is 0.721. The molecule has 1 aliphatic heterocycles. The Bertz CT molecular complexity index is 307. The van der Waals surface area contributed by atoms with E-state index in [4.69, 9.17) is 0 Å². The van der Waals surface area contributed by atoms with E-state index >= 15 is 0 Å². The first-order valence-corrected chi connectivity index (χ1v) is 8.93. The zero-order valence-corrected chi connectivity index (χ0v) is 14.5. The summed E-state index contributed by atoms with van der Waals surface area (Å²) in [6.45, 7) is 15.7. The molecule has 0 radical (unpaired) electrons. The first-order valence-electron chi connectivity index (χ1n) is 8.93. The van der Waals surface area contributed by atoms with Crippen molar-refractivity contribution >= 4 is 0 Å². The van der Waals surface area contributed by atoms with Gasteiger partial charge in [-0.1, -0.05) is 40.5 Å². The number of rotatable bonds is 5. The van der Waals surface area contributed by atoms with Gasteiger partial charge >= 0.3 is 0 Å². The molecule has 1 heterocycles. The predicted octanol–water partition coefficient (Wildman–Crippen LogP) is 4.06. The van der Waals surface area contributed by atoms with Gasteiger partial charge in [-0.2, -0.15) is 0 Å². The second kappa shape index (κ2) is 6.36. The summed E-state index contributed by atoms with van der Waals surface area (Å²) in [5.41, 5.74) is 0.943. The summed E-state index contributed by atoms with van der Waals surface area (Å²) in [6.07, 6.45) is 8.43. The van der Waals surface area contributed by atoms with E-state index in [0.29, 0.717) is 11.0 Å². The summed E-state index contributed by atoms with van der Waals surface area (Å²) in [5.74, 6) is 0.749. The molecule has 1 aliphatic carbocycles. The van der Waals surface area contributed by atoms with Gasteiger partial charge < -0.3 is 5.32 Å². The molecule has 1 saturated carbocycles. The molecule has 2 unspecified atom stereocenters. The Morgan fingerprint density at radius 1 is 1.15 bits per heavy atom. The second-order valence-corrected chi connectivity index (χ2v) is 8.07. The first-order chi connectivity index (χ1) is 9.44. The fourth-order valence-corrected chi connectivity index (χ4v) is 4.35. The maximum absolute atomic E-state index is 3.82. The van der Waals surface area contributed by atoms with Crippen LogP contribution in [0.4, 0.5) is 0 Å². The molecule has 2 aliphatic rings. The van der Waals surface area contributed by atoms with Crippen LogP contribution in [0.5, 0.6) is 0 Å². The molecule has 0 bridgehead atoms. The van der Waals surface area contributed by atoms with Crippen molar-refractivity contribution in [3.63, 3.8) is 0 Å². The smallest absolute Gasteiger partial charge is 0.0278 e. The number of nitrogens with one attached hydrogen (secondary N) is 1. The average Bonchev–Trinajstić information content (AvgIpc) is 2.88. The van der Waals surface area contributed by atoms with Gasteiger partial charge in [-0.15, -0.1) is 0 Å². The lowest BCUT2D eigenvalue weighted by molar-refractivity contribution is 0.0221. The fourth-order valence-electron chi connectivity index (χ4n) is 4.35. The SMILES string of the molecule is CCC1(CN2CC(C)(CC)NCC2C(C)C)CCCC1. The highest BCUT2D eigenvalue weighted by molar-refractivity contribution is 4.98. The van der Waals surface area contributed by atoms with Crippen LogP contribution >= 0.6 is 0 Å². The molecule has 2 atom stereocenters. The van der Waals surface area contributed by atoms with Gasteiger partial charge in [0.25, 0.3) is 0 Å². The first kappa shape index (κ1) is 16.3. The van der Waals surface area contributed by atoms with Crippen molar-refractivity contribution in [2.24, 2.45) is 11.3 Å². The topological polar surface area (TPSA) is 15.3 Å². The zero-order chi connectivity index (χ0) is 14.8. The molecule has 2 heteroatoms.